The number of methoxy groups -OCH3 is 1. The normalized spacial score (nSPS) is 17.5. The van der Waals surface area contributed by atoms with Crippen molar-refractivity contribution in [3.8, 4) is 6.07 Å². The van der Waals surface area contributed by atoms with Gasteiger partial charge in [-0.15, -0.1) is 0 Å². The third-order valence-electron chi connectivity index (χ3n) is 5.80. The maximum Gasteiger partial charge on any atom is 0.404 e. The Morgan fingerprint density at radius 2 is 1.70 bits per heavy atom. The van der Waals surface area contributed by atoms with E-state index in [0.717, 1.165) is 0 Å². The molecule has 0 aromatic carbocycles. The van der Waals surface area contributed by atoms with E-state index in [2.05, 4.69) is 45.3 Å². The lowest BCUT2D eigenvalue weighted by atomic mass is 9.76. The number of nitrogens with one attached hydrogen (secondary N) is 1. The summed E-state index contributed by atoms with van der Waals surface area (Å²) < 4.78 is 12.1. The summed E-state index contributed by atoms with van der Waals surface area (Å²) in [5, 5.41) is 21.5. The minimum Gasteiger partial charge on any atom is -0.465 e. The Hall–Kier alpha value is -1.10. The van der Waals surface area contributed by atoms with Crippen LogP contribution in [0.3, 0.4) is 0 Å². The molecular weight excluding hydrogens is 360 g/mol. The Morgan fingerprint density at radius 1 is 1.19 bits per heavy atom. The van der Waals surface area contributed by atoms with Crippen LogP contribution in [0.1, 0.15) is 61.3 Å². The maximum absolute atomic E-state index is 11.2. The van der Waals surface area contributed by atoms with Gasteiger partial charge in [-0.05, 0) is 43.3 Å². The number of nitriles is 1. The van der Waals surface area contributed by atoms with Crippen molar-refractivity contribution in [2.24, 2.45) is 11.3 Å². The van der Waals surface area contributed by atoms with Gasteiger partial charge in [0.15, 0.2) is 8.32 Å². The molecule has 2 N–H and O–H groups in total. The summed E-state index contributed by atoms with van der Waals surface area (Å²) in [6.07, 6.45) is 0.0414. The molecule has 158 valence electrons. The van der Waals surface area contributed by atoms with Crippen LogP contribution in [0.2, 0.25) is 18.1 Å². The van der Waals surface area contributed by atoms with E-state index < -0.39 is 32.0 Å². The number of carbonyl (C=O) groups is 1. The van der Waals surface area contributed by atoms with Gasteiger partial charge in [0, 0.05) is 7.11 Å². The van der Waals surface area contributed by atoms with Crippen LogP contribution in [0, 0.1) is 22.7 Å². The van der Waals surface area contributed by atoms with Gasteiger partial charge in [-0.3, -0.25) is 0 Å². The van der Waals surface area contributed by atoms with Crippen molar-refractivity contribution in [3.63, 3.8) is 0 Å². The molecule has 0 fully saturated rings. The van der Waals surface area contributed by atoms with Crippen molar-refractivity contribution >= 4 is 14.4 Å². The first kappa shape index (κ1) is 25.9. The van der Waals surface area contributed by atoms with E-state index in [4.69, 9.17) is 14.3 Å². The maximum atomic E-state index is 11.2. The highest BCUT2D eigenvalue weighted by atomic mass is 28.4. The smallest absolute Gasteiger partial charge is 0.404 e. The van der Waals surface area contributed by atoms with Crippen LogP contribution >= 0.6 is 0 Å². The number of ether oxygens (including phenoxy) is 1. The van der Waals surface area contributed by atoms with Gasteiger partial charge in [-0.1, -0.05) is 41.5 Å². The Bertz CT molecular complexity index is 532. The zero-order chi connectivity index (χ0) is 21.7. The van der Waals surface area contributed by atoms with Crippen molar-refractivity contribution in [3.05, 3.63) is 0 Å². The second kappa shape index (κ2) is 9.40. The quantitative estimate of drug-likeness (QED) is 0.530. The van der Waals surface area contributed by atoms with Gasteiger partial charge in [0.1, 0.15) is 0 Å². The molecule has 6 nitrogen and oxygen atoms in total. The number of amides is 1. The fraction of sp³-hybridized carbons (Fsp3) is 0.900. The van der Waals surface area contributed by atoms with Gasteiger partial charge in [0.25, 0.3) is 0 Å². The first-order chi connectivity index (χ1) is 12.0. The largest absolute Gasteiger partial charge is 0.465 e. The lowest BCUT2D eigenvalue weighted by molar-refractivity contribution is -0.0432. The molecule has 3 unspecified atom stereocenters. The molecule has 0 aliphatic carbocycles. The van der Waals surface area contributed by atoms with Crippen LogP contribution in [0.25, 0.3) is 0 Å². The average Bonchev–Trinajstić information content (AvgIpc) is 2.50. The molecule has 0 bridgehead atoms. The monoisotopic (exact) mass is 400 g/mol. The molecule has 0 heterocycles. The van der Waals surface area contributed by atoms with Crippen LogP contribution in [0.15, 0.2) is 0 Å². The lowest BCUT2D eigenvalue weighted by Crippen LogP contribution is -2.49. The van der Waals surface area contributed by atoms with Crippen LogP contribution in [0.5, 0.6) is 0 Å². The average molecular weight is 401 g/mol. The predicted octanol–water partition coefficient (Wildman–Crippen LogP) is 5.02. The zero-order valence-electron chi connectivity index (χ0n) is 18.9. The highest BCUT2D eigenvalue weighted by molar-refractivity contribution is 6.74. The Morgan fingerprint density at radius 3 is 2.04 bits per heavy atom. The molecule has 0 rings (SSSR count). The minimum atomic E-state index is -1.90. The van der Waals surface area contributed by atoms with Gasteiger partial charge >= 0.3 is 6.09 Å². The minimum absolute atomic E-state index is 0.111. The standard InChI is InChI=1S/C20H40N2O4Si/c1-18(2,3)16(22-17(23)24)15(13-21)11-12-20(7,25-8)14-26-27(9,10)19(4,5)6/h15-16,22H,11-12,14H2,1-10H3,(H,23,24). The van der Waals surface area contributed by atoms with E-state index in [0.29, 0.717) is 19.4 Å². The van der Waals surface area contributed by atoms with Gasteiger partial charge < -0.3 is 19.6 Å². The summed E-state index contributed by atoms with van der Waals surface area (Å²) >= 11 is 0. The summed E-state index contributed by atoms with van der Waals surface area (Å²) in [5.74, 6) is -0.441. The van der Waals surface area contributed by atoms with E-state index in [1.165, 1.54) is 0 Å². The SMILES string of the molecule is COC(C)(CCC(C#N)C(NC(=O)O)C(C)(C)C)CO[Si](C)(C)C(C)(C)C. The Labute approximate surface area is 166 Å². The first-order valence-corrected chi connectivity index (χ1v) is 12.5. The lowest BCUT2D eigenvalue weighted by Gasteiger charge is -2.40. The third kappa shape index (κ3) is 8.20. The zero-order valence-corrected chi connectivity index (χ0v) is 19.9. The molecule has 0 spiro atoms. The number of carboxylic acid groups (broad SMARTS) is 1. The number of hydrogen-bond donors (Lipinski definition) is 2. The number of hydrogen-bond acceptors (Lipinski definition) is 4. The summed E-state index contributed by atoms with van der Waals surface area (Å²) in [4.78, 5) is 11.2. The second-order valence-corrected chi connectivity index (χ2v) is 15.1. The van der Waals surface area contributed by atoms with Gasteiger partial charge in [-0.25, -0.2) is 4.79 Å². The topological polar surface area (TPSA) is 91.6 Å². The van der Waals surface area contributed by atoms with E-state index in [9.17, 15) is 10.1 Å². The molecule has 0 saturated carbocycles. The van der Waals surface area contributed by atoms with E-state index >= 15 is 0 Å². The fourth-order valence-electron chi connectivity index (χ4n) is 2.60. The van der Waals surface area contributed by atoms with Crippen molar-refractivity contribution < 1.29 is 19.1 Å². The highest BCUT2D eigenvalue weighted by Gasteiger charge is 2.40. The molecule has 0 saturated heterocycles. The van der Waals surface area contributed by atoms with Crippen LogP contribution < -0.4 is 5.32 Å². The molecule has 0 aliphatic rings. The second-order valence-electron chi connectivity index (χ2n) is 10.3. The van der Waals surface area contributed by atoms with E-state index in [1.54, 1.807) is 7.11 Å². The summed E-state index contributed by atoms with van der Waals surface area (Å²) in [7, 11) is -0.244. The summed E-state index contributed by atoms with van der Waals surface area (Å²) in [6, 6.07) is 1.84. The van der Waals surface area contributed by atoms with Crippen molar-refractivity contribution in [1.82, 2.24) is 5.32 Å². The van der Waals surface area contributed by atoms with Crippen LogP contribution in [-0.4, -0.2) is 44.9 Å². The van der Waals surface area contributed by atoms with Gasteiger partial charge in [-0.2, -0.15) is 5.26 Å². The first-order valence-electron chi connectivity index (χ1n) is 9.57. The van der Waals surface area contributed by atoms with E-state index in [1.807, 2.05) is 27.7 Å². The summed E-state index contributed by atoms with van der Waals surface area (Å²) in [5.41, 5.74) is -0.879. The summed E-state index contributed by atoms with van der Waals surface area (Å²) in [6.45, 7) is 19.3. The third-order valence-corrected chi connectivity index (χ3v) is 10.3. The Balaban J connectivity index is 5.17. The van der Waals surface area contributed by atoms with Gasteiger partial charge in [0.2, 0.25) is 0 Å². The van der Waals surface area contributed by atoms with Crippen LogP contribution in [0.4, 0.5) is 4.79 Å². The number of nitrogens with zero attached hydrogens (tertiary/aromatic N) is 1. The molecule has 0 radical (unpaired) electrons. The van der Waals surface area contributed by atoms with Crippen molar-refractivity contribution in [1.29, 1.82) is 5.26 Å². The van der Waals surface area contributed by atoms with Crippen molar-refractivity contribution in [2.75, 3.05) is 13.7 Å². The molecule has 7 heteroatoms. The molecule has 0 aromatic rings. The predicted molar refractivity (Wildman–Crippen MR) is 111 cm³/mol. The fourth-order valence-corrected chi connectivity index (χ4v) is 3.70. The highest BCUT2D eigenvalue weighted by Crippen LogP contribution is 2.38. The Kier molecular flexibility index (Phi) is 9.01. The van der Waals surface area contributed by atoms with Crippen molar-refractivity contribution in [2.45, 2.75) is 91.1 Å². The molecule has 1 amide bonds. The molecule has 3 atom stereocenters. The number of rotatable bonds is 9. The molecule has 0 aromatic heterocycles. The molecule has 27 heavy (non-hydrogen) atoms. The molecular formula is C20H40N2O4Si. The van der Waals surface area contributed by atoms with Gasteiger partial charge in [0.05, 0.1) is 30.2 Å². The molecule has 0 aliphatic heterocycles. The van der Waals surface area contributed by atoms with E-state index in [-0.39, 0.29) is 10.5 Å². The van der Waals surface area contributed by atoms with Crippen LogP contribution in [-0.2, 0) is 9.16 Å².